The van der Waals surface area contributed by atoms with Crippen LogP contribution in [0.25, 0.3) is 0 Å². The fourth-order valence-electron chi connectivity index (χ4n) is 3.50. The van der Waals surface area contributed by atoms with Crippen molar-refractivity contribution >= 4 is 0 Å². The fourth-order valence-corrected chi connectivity index (χ4v) is 3.50. The first-order valence-corrected chi connectivity index (χ1v) is 9.29. The number of nitrogens with zero attached hydrogens (tertiary/aromatic N) is 2. The summed E-state index contributed by atoms with van der Waals surface area (Å²) in [7, 11) is 0. The summed E-state index contributed by atoms with van der Waals surface area (Å²) in [5.41, 5.74) is 1.35. The van der Waals surface area contributed by atoms with Gasteiger partial charge in [-0.2, -0.15) is 5.10 Å². The van der Waals surface area contributed by atoms with Gasteiger partial charge in [-0.25, -0.2) is 13.5 Å². The first kappa shape index (κ1) is 17.9. The van der Waals surface area contributed by atoms with Crippen LogP contribution in [0.1, 0.15) is 56.7 Å². The summed E-state index contributed by atoms with van der Waals surface area (Å²) in [4.78, 5) is 0. The van der Waals surface area contributed by atoms with Gasteiger partial charge in [0.05, 0.1) is 5.69 Å². The normalized spacial score (nSPS) is 15.0. The molecule has 3 nitrogen and oxygen atoms in total. The van der Waals surface area contributed by atoms with Crippen molar-refractivity contribution in [1.82, 2.24) is 9.78 Å². The molecule has 0 N–H and O–H groups in total. The van der Waals surface area contributed by atoms with Crippen LogP contribution in [0.5, 0.6) is 5.88 Å². The first-order chi connectivity index (χ1) is 12.2. The van der Waals surface area contributed by atoms with Gasteiger partial charge < -0.3 is 4.74 Å². The predicted molar refractivity (Wildman–Crippen MR) is 93.5 cm³/mol. The van der Waals surface area contributed by atoms with E-state index >= 15 is 0 Å². The Hall–Kier alpha value is -1.91. The minimum Gasteiger partial charge on any atom is -0.473 e. The van der Waals surface area contributed by atoms with E-state index in [1.807, 2.05) is 10.7 Å². The Kier molecular flexibility index (Phi) is 6.05. The maximum Gasteiger partial charge on any atom is 0.212 e. The molecule has 1 heterocycles. The van der Waals surface area contributed by atoms with Crippen LogP contribution in [-0.4, -0.2) is 9.78 Å². The zero-order valence-electron chi connectivity index (χ0n) is 14.8. The zero-order chi connectivity index (χ0) is 17.6. The Morgan fingerprint density at radius 1 is 1.20 bits per heavy atom. The molecule has 1 aromatic heterocycles. The minimum atomic E-state index is -0.578. The van der Waals surface area contributed by atoms with Crippen LogP contribution in [0.4, 0.5) is 8.78 Å². The van der Waals surface area contributed by atoms with E-state index < -0.39 is 11.6 Å². The standard InChI is InChI=1S/C20H26F2N2O/c1-2-5-18-13-20(24(23-18)11-10-15-6-3-4-7-15)25-14-16-8-9-17(21)12-19(16)22/h8-9,12-13,15H,2-7,10-11,14H2,1H3. The van der Waals surface area contributed by atoms with Crippen LogP contribution in [-0.2, 0) is 19.6 Å². The second kappa shape index (κ2) is 8.45. The SMILES string of the molecule is CCCc1cc(OCc2ccc(F)cc2F)n(CCC2CCCC2)n1. The van der Waals surface area contributed by atoms with Crippen LogP contribution < -0.4 is 4.74 Å². The van der Waals surface area contributed by atoms with Crippen molar-refractivity contribution in [2.75, 3.05) is 0 Å². The number of hydrogen-bond donors (Lipinski definition) is 0. The van der Waals surface area contributed by atoms with E-state index in [1.165, 1.54) is 37.8 Å². The van der Waals surface area contributed by atoms with E-state index in [0.29, 0.717) is 11.4 Å². The van der Waals surface area contributed by atoms with Gasteiger partial charge in [-0.05, 0) is 30.9 Å². The van der Waals surface area contributed by atoms with E-state index in [0.717, 1.165) is 43.5 Å². The Balaban J connectivity index is 1.67. The molecule has 3 rings (SSSR count). The van der Waals surface area contributed by atoms with Crippen molar-refractivity contribution < 1.29 is 13.5 Å². The molecule has 1 fully saturated rings. The molecule has 0 atom stereocenters. The summed E-state index contributed by atoms with van der Waals surface area (Å²) in [5.74, 6) is 0.297. The summed E-state index contributed by atoms with van der Waals surface area (Å²) in [5, 5.41) is 4.65. The molecule has 0 aliphatic heterocycles. The molecule has 2 aromatic rings. The topological polar surface area (TPSA) is 27.1 Å². The van der Waals surface area contributed by atoms with E-state index in [-0.39, 0.29) is 6.61 Å². The van der Waals surface area contributed by atoms with Crippen LogP contribution in [0.2, 0.25) is 0 Å². The lowest BCUT2D eigenvalue weighted by atomic mass is 10.0. The fraction of sp³-hybridized carbons (Fsp3) is 0.550. The molecule has 1 aliphatic rings. The van der Waals surface area contributed by atoms with E-state index in [2.05, 4.69) is 12.0 Å². The van der Waals surface area contributed by atoms with Gasteiger partial charge in [0.25, 0.3) is 0 Å². The summed E-state index contributed by atoms with van der Waals surface area (Å²) in [6, 6.07) is 5.51. The van der Waals surface area contributed by atoms with Gasteiger partial charge in [0.15, 0.2) is 0 Å². The van der Waals surface area contributed by atoms with Gasteiger partial charge in [-0.15, -0.1) is 0 Å². The lowest BCUT2D eigenvalue weighted by molar-refractivity contribution is 0.262. The number of ether oxygens (including phenoxy) is 1. The van der Waals surface area contributed by atoms with E-state index in [9.17, 15) is 8.78 Å². The summed E-state index contributed by atoms with van der Waals surface area (Å²) >= 11 is 0. The molecule has 1 saturated carbocycles. The predicted octanol–water partition coefficient (Wildman–Crippen LogP) is 5.27. The van der Waals surface area contributed by atoms with Crippen LogP contribution >= 0.6 is 0 Å². The average molecular weight is 348 g/mol. The minimum absolute atomic E-state index is 0.0762. The summed E-state index contributed by atoms with van der Waals surface area (Å²) < 4.78 is 34.5. The van der Waals surface area contributed by atoms with Gasteiger partial charge in [-0.1, -0.05) is 39.0 Å². The van der Waals surface area contributed by atoms with Crippen molar-refractivity contribution in [3.63, 3.8) is 0 Å². The molecule has 0 spiro atoms. The number of halogens is 2. The van der Waals surface area contributed by atoms with Gasteiger partial charge in [-0.3, -0.25) is 0 Å². The Morgan fingerprint density at radius 3 is 2.72 bits per heavy atom. The molecule has 0 amide bonds. The smallest absolute Gasteiger partial charge is 0.212 e. The van der Waals surface area contributed by atoms with E-state index in [4.69, 9.17) is 4.74 Å². The van der Waals surface area contributed by atoms with Crippen LogP contribution in [0, 0.1) is 17.6 Å². The van der Waals surface area contributed by atoms with Crippen molar-refractivity contribution in [1.29, 1.82) is 0 Å². The van der Waals surface area contributed by atoms with Crippen LogP contribution in [0.3, 0.4) is 0 Å². The van der Waals surface area contributed by atoms with Crippen molar-refractivity contribution in [2.24, 2.45) is 5.92 Å². The number of hydrogen-bond acceptors (Lipinski definition) is 2. The average Bonchev–Trinajstić information content (AvgIpc) is 3.22. The van der Waals surface area contributed by atoms with Crippen LogP contribution in [0.15, 0.2) is 24.3 Å². The molecule has 136 valence electrons. The molecule has 0 unspecified atom stereocenters. The van der Waals surface area contributed by atoms with Gasteiger partial charge in [0.1, 0.15) is 18.2 Å². The Labute approximate surface area is 148 Å². The summed E-state index contributed by atoms with van der Waals surface area (Å²) in [6.45, 7) is 3.02. The number of rotatable bonds is 8. The van der Waals surface area contributed by atoms with Crippen molar-refractivity contribution in [3.8, 4) is 5.88 Å². The van der Waals surface area contributed by atoms with Gasteiger partial charge >= 0.3 is 0 Å². The first-order valence-electron chi connectivity index (χ1n) is 9.29. The van der Waals surface area contributed by atoms with Gasteiger partial charge in [0, 0.05) is 24.2 Å². The number of benzene rings is 1. The molecule has 1 aliphatic carbocycles. The molecule has 1 aromatic carbocycles. The van der Waals surface area contributed by atoms with E-state index in [1.54, 1.807) is 0 Å². The Morgan fingerprint density at radius 2 is 2.00 bits per heavy atom. The second-order valence-corrected chi connectivity index (χ2v) is 6.91. The largest absolute Gasteiger partial charge is 0.473 e. The molecule has 25 heavy (non-hydrogen) atoms. The number of aromatic nitrogens is 2. The van der Waals surface area contributed by atoms with Crippen molar-refractivity contribution in [3.05, 3.63) is 47.2 Å². The van der Waals surface area contributed by atoms with Crippen molar-refractivity contribution in [2.45, 2.75) is 65.0 Å². The molecular formula is C20H26F2N2O. The highest BCUT2D eigenvalue weighted by Crippen LogP contribution is 2.29. The quantitative estimate of drug-likeness (QED) is 0.649. The highest BCUT2D eigenvalue weighted by molar-refractivity contribution is 5.20. The third kappa shape index (κ3) is 4.80. The molecule has 0 bridgehead atoms. The molecule has 0 radical (unpaired) electrons. The second-order valence-electron chi connectivity index (χ2n) is 6.91. The maximum absolute atomic E-state index is 13.8. The third-order valence-electron chi connectivity index (χ3n) is 4.91. The van der Waals surface area contributed by atoms with Gasteiger partial charge in [0.2, 0.25) is 5.88 Å². The highest BCUT2D eigenvalue weighted by Gasteiger charge is 2.17. The molecule has 0 saturated heterocycles. The number of aryl methyl sites for hydroxylation is 2. The molecular weight excluding hydrogens is 322 g/mol. The Bertz CT molecular complexity index is 693. The lowest BCUT2D eigenvalue weighted by Crippen LogP contribution is -2.09. The lowest BCUT2D eigenvalue weighted by Gasteiger charge is -2.12. The summed E-state index contributed by atoms with van der Waals surface area (Å²) in [6.07, 6.45) is 8.30. The third-order valence-corrected chi connectivity index (χ3v) is 4.91. The highest BCUT2D eigenvalue weighted by atomic mass is 19.1. The maximum atomic E-state index is 13.8. The monoisotopic (exact) mass is 348 g/mol. The molecule has 5 heteroatoms. The zero-order valence-corrected chi connectivity index (χ0v) is 14.8.